The van der Waals surface area contributed by atoms with Crippen LogP contribution in [0.4, 0.5) is 26.3 Å². The summed E-state index contributed by atoms with van der Waals surface area (Å²) in [6.07, 6.45) is -10.3. The van der Waals surface area contributed by atoms with Crippen LogP contribution in [0.15, 0.2) is 48.5 Å². The second kappa shape index (κ2) is 8.91. The summed E-state index contributed by atoms with van der Waals surface area (Å²) in [7, 11) is 0. The standard InChI is InChI=1S/C22H22F6O4/c1-19(2,3)32-18(29)13-20(4,14-7-5-9-16(11-14)30-21(23,24)25)15-8-6-10-17(12-15)31-22(26,27)28/h5-12H,13H2,1-4H3. The van der Waals surface area contributed by atoms with Crippen molar-refractivity contribution in [3.63, 3.8) is 0 Å². The van der Waals surface area contributed by atoms with Gasteiger partial charge in [0.25, 0.3) is 0 Å². The van der Waals surface area contributed by atoms with Gasteiger partial charge in [0.05, 0.1) is 6.42 Å². The Kier molecular flexibility index (Phi) is 7.06. The maximum atomic E-state index is 12.7. The molecular formula is C22H22F6O4. The van der Waals surface area contributed by atoms with Crippen LogP contribution in [0.2, 0.25) is 0 Å². The van der Waals surface area contributed by atoms with E-state index in [0.717, 1.165) is 24.3 Å². The predicted octanol–water partition coefficient (Wildman–Crippen LogP) is 6.52. The highest BCUT2D eigenvalue weighted by molar-refractivity contribution is 5.73. The average molecular weight is 464 g/mol. The Morgan fingerprint density at radius 1 is 0.750 bits per heavy atom. The molecule has 0 fully saturated rings. The molecule has 0 heterocycles. The van der Waals surface area contributed by atoms with Gasteiger partial charge in [0, 0.05) is 5.41 Å². The monoisotopic (exact) mass is 464 g/mol. The summed E-state index contributed by atoms with van der Waals surface area (Å²) in [6.45, 7) is 6.42. The van der Waals surface area contributed by atoms with Crippen LogP contribution in [0.25, 0.3) is 0 Å². The Bertz CT molecular complexity index is 885. The maximum absolute atomic E-state index is 12.7. The molecule has 2 rings (SSSR count). The zero-order chi connectivity index (χ0) is 24.4. The SMILES string of the molecule is CC(C)(C)OC(=O)CC(C)(c1cccc(OC(F)(F)F)c1)c1cccc(OC(F)(F)F)c1. The Balaban J connectivity index is 2.55. The molecule has 0 amide bonds. The summed E-state index contributed by atoms with van der Waals surface area (Å²) in [5.74, 6) is -1.76. The van der Waals surface area contributed by atoms with Gasteiger partial charge in [0.2, 0.25) is 0 Å². The number of ether oxygens (including phenoxy) is 3. The van der Waals surface area contributed by atoms with Crippen molar-refractivity contribution in [2.45, 2.75) is 57.9 Å². The van der Waals surface area contributed by atoms with Crippen LogP contribution in [-0.2, 0) is 14.9 Å². The molecule has 0 aliphatic rings. The fourth-order valence-electron chi connectivity index (χ4n) is 3.11. The van der Waals surface area contributed by atoms with Gasteiger partial charge in [-0.3, -0.25) is 4.79 Å². The molecule has 0 saturated carbocycles. The molecule has 0 aliphatic heterocycles. The molecule has 0 unspecified atom stereocenters. The zero-order valence-corrected chi connectivity index (χ0v) is 17.7. The van der Waals surface area contributed by atoms with E-state index < -0.39 is 41.2 Å². The molecule has 0 bridgehead atoms. The number of carbonyl (C=O) groups excluding carboxylic acids is 1. The lowest BCUT2D eigenvalue weighted by Gasteiger charge is -2.32. The number of hydrogen-bond donors (Lipinski definition) is 0. The number of rotatable bonds is 6. The highest BCUT2D eigenvalue weighted by atomic mass is 19.4. The van der Waals surface area contributed by atoms with Gasteiger partial charge in [-0.1, -0.05) is 31.2 Å². The third-order valence-corrected chi connectivity index (χ3v) is 4.33. The Hall–Kier alpha value is -2.91. The van der Waals surface area contributed by atoms with Crippen LogP contribution in [0.5, 0.6) is 11.5 Å². The molecule has 0 saturated heterocycles. The predicted molar refractivity (Wildman–Crippen MR) is 103 cm³/mol. The van der Waals surface area contributed by atoms with Crippen LogP contribution in [0.1, 0.15) is 45.2 Å². The third kappa shape index (κ3) is 7.65. The number of alkyl halides is 6. The lowest BCUT2D eigenvalue weighted by Crippen LogP contribution is -2.32. The van der Waals surface area contributed by atoms with Crippen molar-refractivity contribution in [1.82, 2.24) is 0 Å². The minimum absolute atomic E-state index is 0.203. The normalized spacial score (nSPS) is 12.9. The van der Waals surface area contributed by atoms with E-state index in [1.165, 1.54) is 31.2 Å². The van der Waals surface area contributed by atoms with Gasteiger partial charge in [-0.15, -0.1) is 26.3 Å². The molecule has 176 valence electrons. The molecule has 10 heteroatoms. The lowest BCUT2D eigenvalue weighted by atomic mass is 9.73. The van der Waals surface area contributed by atoms with Crippen molar-refractivity contribution >= 4 is 5.97 Å². The van der Waals surface area contributed by atoms with Crippen LogP contribution >= 0.6 is 0 Å². The largest absolute Gasteiger partial charge is 0.573 e. The number of esters is 1. The van der Waals surface area contributed by atoms with Crippen molar-refractivity contribution < 1.29 is 45.3 Å². The van der Waals surface area contributed by atoms with E-state index >= 15 is 0 Å². The summed E-state index contributed by atoms with van der Waals surface area (Å²) in [6, 6.07) is 9.79. The number of halogens is 6. The average Bonchev–Trinajstić information content (AvgIpc) is 2.57. The smallest absolute Gasteiger partial charge is 0.460 e. The summed E-state index contributed by atoms with van der Waals surface area (Å²) in [4.78, 5) is 12.6. The molecule has 4 nitrogen and oxygen atoms in total. The van der Waals surface area contributed by atoms with Crippen molar-refractivity contribution in [1.29, 1.82) is 0 Å². The lowest BCUT2D eigenvalue weighted by molar-refractivity contribution is -0.275. The van der Waals surface area contributed by atoms with Crippen LogP contribution < -0.4 is 9.47 Å². The second-order valence-electron chi connectivity index (χ2n) is 8.25. The van der Waals surface area contributed by atoms with Crippen LogP contribution in [0.3, 0.4) is 0 Å². The van der Waals surface area contributed by atoms with Gasteiger partial charge in [0.15, 0.2) is 0 Å². The topological polar surface area (TPSA) is 44.8 Å². The van der Waals surface area contributed by atoms with Crippen molar-refractivity contribution in [2.75, 3.05) is 0 Å². The van der Waals surface area contributed by atoms with Gasteiger partial charge in [-0.25, -0.2) is 0 Å². The van der Waals surface area contributed by atoms with Gasteiger partial charge in [-0.2, -0.15) is 0 Å². The van der Waals surface area contributed by atoms with Crippen molar-refractivity contribution in [2.24, 2.45) is 0 Å². The first-order valence-corrected chi connectivity index (χ1v) is 9.41. The van der Waals surface area contributed by atoms with E-state index in [1.54, 1.807) is 20.8 Å². The molecule has 32 heavy (non-hydrogen) atoms. The quantitative estimate of drug-likeness (QED) is 0.361. The van der Waals surface area contributed by atoms with Gasteiger partial charge in [-0.05, 0) is 56.2 Å². The van der Waals surface area contributed by atoms with Crippen molar-refractivity contribution in [3.8, 4) is 11.5 Å². The molecule has 2 aromatic carbocycles. The molecule has 0 aromatic heterocycles. The van der Waals surface area contributed by atoms with Gasteiger partial charge in [0.1, 0.15) is 17.1 Å². The molecule has 0 aliphatic carbocycles. The Morgan fingerprint density at radius 2 is 1.16 bits per heavy atom. The van der Waals surface area contributed by atoms with E-state index in [9.17, 15) is 31.1 Å². The molecule has 0 radical (unpaired) electrons. The van der Waals surface area contributed by atoms with E-state index in [4.69, 9.17) is 4.74 Å². The molecule has 0 spiro atoms. The first-order chi connectivity index (χ1) is 14.5. The van der Waals surface area contributed by atoms with E-state index in [2.05, 4.69) is 9.47 Å². The maximum Gasteiger partial charge on any atom is 0.573 e. The summed E-state index contributed by atoms with van der Waals surface area (Å²) in [5.41, 5.74) is -1.80. The minimum atomic E-state index is -4.94. The van der Waals surface area contributed by atoms with Gasteiger partial charge < -0.3 is 14.2 Å². The Labute approximate surface area is 181 Å². The van der Waals surface area contributed by atoms with E-state index in [1.807, 2.05) is 0 Å². The third-order valence-electron chi connectivity index (χ3n) is 4.33. The van der Waals surface area contributed by atoms with Crippen molar-refractivity contribution in [3.05, 3.63) is 59.7 Å². The fraction of sp³-hybridized carbons (Fsp3) is 0.409. The molecular weight excluding hydrogens is 442 g/mol. The van der Waals surface area contributed by atoms with Crippen LogP contribution in [0, 0.1) is 0 Å². The second-order valence-corrected chi connectivity index (χ2v) is 8.25. The van der Waals surface area contributed by atoms with Gasteiger partial charge >= 0.3 is 18.7 Å². The molecule has 0 N–H and O–H groups in total. The van der Waals surface area contributed by atoms with E-state index in [0.29, 0.717) is 0 Å². The first-order valence-electron chi connectivity index (χ1n) is 9.41. The first kappa shape index (κ1) is 25.4. The van der Waals surface area contributed by atoms with Crippen LogP contribution in [-0.4, -0.2) is 24.3 Å². The molecule has 2 aromatic rings. The Morgan fingerprint density at radius 3 is 1.50 bits per heavy atom. The number of hydrogen-bond acceptors (Lipinski definition) is 4. The molecule has 0 atom stereocenters. The number of benzene rings is 2. The summed E-state index contributed by atoms with van der Waals surface area (Å²) >= 11 is 0. The summed E-state index contributed by atoms with van der Waals surface area (Å²) in [5, 5.41) is 0. The highest BCUT2D eigenvalue weighted by Crippen LogP contribution is 2.40. The zero-order valence-electron chi connectivity index (χ0n) is 17.7. The fourth-order valence-corrected chi connectivity index (χ4v) is 3.11. The minimum Gasteiger partial charge on any atom is -0.460 e. The number of carbonyl (C=O) groups is 1. The summed E-state index contributed by atoms with van der Waals surface area (Å²) < 4.78 is 89.3. The highest BCUT2D eigenvalue weighted by Gasteiger charge is 2.37. The van der Waals surface area contributed by atoms with E-state index in [-0.39, 0.29) is 17.5 Å².